The first kappa shape index (κ1) is 18.6. The molecule has 6 heteroatoms. The van der Waals surface area contributed by atoms with Gasteiger partial charge in [0.05, 0.1) is 7.11 Å². The Balaban J connectivity index is 1.26. The molecular formula is C22H26N2O4. The molecule has 0 spiro atoms. The second-order valence-electron chi connectivity index (χ2n) is 7.20. The fourth-order valence-corrected chi connectivity index (χ4v) is 3.64. The number of likely N-dealkylation sites (tertiary alicyclic amines) is 1. The highest BCUT2D eigenvalue weighted by molar-refractivity contribution is 5.79. The molecule has 4 rings (SSSR count). The Morgan fingerprint density at radius 1 is 1.07 bits per heavy atom. The topological polar surface area (TPSA) is 60.0 Å². The smallest absolute Gasteiger partial charge is 0.224 e. The highest BCUT2D eigenvalue weighted by Gasteiger charge is 2.28. The van der Waals surface area contributed by atoms with Gasteiger partial charge < -0.3 is 24.4 Å². The normalized spacial score (nSPS) is 18.4. The van der Waals surface area contributed by atoms with Crippen molar-refractivity contribution in [1.82, 2.24) is 10.2 Å². The third-order valence-corrected chi connectivity index (χ3v) is 5.25. The van der Waals surface area contributed by atoms with Gasteiger partial charge in [-0.1, -0.05) is 18.2 Å². The summed E-state index contributed by atoms with van der Waals surface area (Å²) in [5, 5.41) is 3.50. The second kappa shape index (κ2) is 8.52. The summed E-state index contributed by atoms with van der Waals surface area (Å²) in [5.41, 5.74) is 2.34. The predicted octanol–water partition coefficient (Wildman–Crippen LogP) is 2.40. The molecule has 1 atom stereocenters. The Hall–Kier alpha value is -2.73. The third kappa shape index (κ3) is 4.39. The fourth-order valence-electron chi connectivity index (χ4n) is 3.64. The van der Waals surface area contributed by atoms with Crippen LogP contribution < -0.4 is 19.5 Å². The minimum absolute atomic E-state index is 0.177. The molecule has 0 aromatic heterocycles. The SMILES string of the molecule is COc1ccc(CCN2C[C@H](NCc3ccc4c(c3)OCCO4)CC2=O)cc1. The summed E-state index contributed by atoms with van der Waals surface area (Å²) in [4.78, 5) is 14.3. The summed E-state index contributed by atoms with van der Waals surface area (Å²) in [6, 6.07) is 14.2. The lowest BCUT2D eigenvalue weighted by Crippen LogP contribution is -2.33. The Morgan fingerprint density at radius 3 is 2.61 bits per heavy atom. The molecule has 6 nitrogen and oxygen atoms in total. The monoisotopic (exact) mass is 382 g/mol. The van der Waals surface area contributed by atoms with Crippen LogP contribution in [0.15, 0.2) is 42.5 Å². The molecular weight excluding hydrogens is 356 g/mol. The molecule has 1 amide bonds. The van der Waals surface area contributed by atoms with E-state index in [2.05, 4.69) is 17.4 Å². The molecule has 0 saturated carbocycles. The van der Waals surface area contributed by atoms with Crippen LogP contribution in [0.5, 0.6) is 17.2 Å². The zero-order valence-corrected chi connectivity index (χ0v) is 16.1. The number of carbonyl (C=O) groups is 1. The molecule has 1 saturated heterocycles. The van der Waals surface area contributed by atoms with Gasteiger partial charge in [-0.3, -0.25) is 4.79 Å². The molecule has 0 unspecified atom stereocenters. The number of nitrogens with one attached hydrogen (secondary N) is 1. The zero-order valence-electron chi connectivity index (χ0n) is 16.1. The van der Waals surface area contributed by atoms with Gasteiger partial charge in [0, 0.05) is 32.1 Å². The minimum Gasteiger partial charge on any atom is -0.497 e. The van der Waals surface area contributed by atoms with E-state index >= 15 is 0 Å². The van der Waals surface area contributed by atoms with Crippen molar-refractivity contribution in [3.8, 4) is 17.2 Å². The van der Waals surface area contributed by atoms with Crippen molar-refractivity contribution in [2.45, 2.75) is 25.4 Å². The van der Waals surface area contributed by atoms with Crippen LogP contribution >= 0.6 is 0 Å². The maximum atomic E-state index is 12.3. The second-order valence-corrected chi connectivity index (χ2v) is 7.20. The quantitative estimate of drug-likeness (QED) is 0.797. The van der Waals surface area contributed by atoms with Crippen LogP contribution in [-0.4, -0.2) is 50.3 Å². The van der Waals surface area contributed by atoms with Gasteiger partial charge in [-0.15, -0.1) is 0 Å². The van der Waals surface area contributed by atoms with E-state index in [9.17, 15) is 4.79 Å². The number of rotatable bonds is 7. The summed E-state index contributed by atoms with van der Waals surface area (Å²) < 4.78 is 16.4. The van der Waals surface area contributed by atoms with E-state index in [1.54, 1.807) is 7.11 Å². The van der Waals surface area contributed by atoms with Crippen LogP contribution in [0.2, 0.25) is 0 Å². The molecule has 2 heterocycles. The number of amides is 1. The van der Waals surface area contributed by atoms with Crippen molar-refractivity contribution in [2.24, 2.45) is 0 Å². The highest BCUT2D eigenvalue weighted by atomic mass is 16.6. The number of carbonyl (C=O) groups excluding carboxylic acids is 1. The van der Waals surface area contributed by atoms with E-state index in [0.29, 0.717) is 26.2 Å². The first-order valence-electron chi connectivity index (χ1n) is 9.74. The minimum atomic E-state index is 0.177. The van der Waals surface area contributed by atoms with Crippen molar-refractivity contribution in [1.29, 1.82) is 0 Å². The number of methoxy groups -OCH3 is 1. The number of nitrogens with zero attached hydrogens (tertiary/aromatic N) is 1. The number of fused-ring (bicyclic) bond motifs is 1. The van der Waals surface area contributed by atoms with Crippen LogP contribution in [-0.2, 0) is 17.8 Å². The summed E-state index contributed by atoms with van der Waals surface area (Å²) in [6.07, 6.45) is 1.40. The van der Waals surface area contributed by atoms with Crippen LogP contribution in [0.4, 0.5) is 0 Å². The number of ether oxygens (including phenoxy) is 3. The van der Waals surface area contributed by atoms with Crippen LogP contribution in [0.1, 0.15) is 17.5 Å². The molecule has 1 fully saturated rings. The summed E-state index contributed by atoms with van der Waals surface area (Å²) in [5.74, 6) is 2.67. The van der Waals surface area contributed by atoms with Gasteiger partial charge in [-0.25, -0.2) is 0 Å². The van der Waals surface area contributed by atoms with Crippen molar-refractivity contribution in [3.05, 3.63) is 53.6 Å². The van der Waals surface area contributed by atoms with E-state index < -0.39 is 0 Å². The van der Waals surface area contributed by atoms with Gasteiger partial charge in [0.2, 0.25) is 5.91 Å². The Kier molecular flexibility index (Phi) is 5.67. The van der Waals surface area contributed by atoms with Gasteiger partial charge in [-0.05, 0) is 41.8 Å². The summed E-state index contributed by atoms with van der Waals surface area (Å²) >= 11 is 0. The highest BCUT2D eigenvalue weighted by Crippen LogP contribution is 2.30. The summed E-state index contributed by atoms with van der Waals surface area (Å²) in [6.45, 7) is 3.39. The average molecular weight is 382 g/mol. The fraction of sp³-hybridized carbons (Fsp3) is 0.409. The molecule has 1 N–H and O–H groups in total. The Labute approximate surface area is 165 Å². The standard InChI is InChI=1S/C22H26N2O4/c1-26-19-5-2-16(3-6-19)8-9-24-15-18(13-22(24)25)23-14-17-4-7-20-21(12-17)28-11-10-27-20/h2-7,12,18,23H,8-11,13-15H2,1H3/t18-/m1/s1. The molecule has 2 aromatic rings. The van der Waals surface area contributed by atoms with Gasteiger partial charge >= 0.3 is 0 Å². The number of hydrogen-bond donors (Lipinski definition) is 1. The number of hydrogen-bond acceptors (Lipinski definition) is 5. The van der Waals surface area contributed by atoms with Gasteiger partial charge in [0.15, 0.2) is 11.5 Å². The molecule has 0 bridgehead atoms. The Bertz CT molecular complexity index is 822. The van der Waals surface area contributed by atoms with E-state index in [1.807, 2.05) is 35.2 Å². The van der Waals surface area contributed by atoms with Crippen LogP contribution in [0, 0.1) is 0 Å². The van der Waals surface area contributed by atoms with E-state index in [0.717, 1.165) is 42.3 Å². The third-order valence-electron chi connectivity index (χ3n) is 5.25. The number of benzene rings is 2. The summed E-state index contributed by atoms with van der Waals surface area (Å²) in [7, 11) is 1.66. The van der Waals surface area contributed by atoms with Crippen LogP contribution in [0.3, 0.4) is 0 Å². The predicted molar refractivity (Wildman–Crippen MR) is 106 cm³/mol. The lowest BCUT2D eigenvalue weighted by Gasteiger charge is -2.20. The lowest BCUT2D eigenvalue weighted by atomic mass is 10.1. The molecule has 2 aliphatic heterocycles. The van der Waals surface area contributed by atoms with Gasteiger partial charge in [0.1, 0.15) is 19.0 Å². The molecule has 0 radical (unpaired) electrons. The van der Waals surface area contributed by atoms with Gasteiger partial charge in [-0.2, -0.15) is 0 Å². The molecule has 148 valence electrons. The molecule has 0 aliphatic carbocycles. The van der Waals surface area contributed by atoms with E-state index in [4.69, 9.17) is 14.2 Å². The van der Waals surface area contributed by atoms with Crippen molar-refractivity contribution in [2.75, 3.05) is 33.4 Å². The molecule has 28 heavy (non-hydrogen) atoms. The first-order chi connectivity index (χ1) is 13.7. The molecule has 2 aliphatic rings. The van der Waals surface area contributed by atoms with E-state index in [-0.39, 0.29) is 11.9 Å². The van der Waals surface area contributed by atoms with Crippen molar-refractivity contribution < 1.29 is 19.0 Å². The zero-order chi connectivity index (χ0) is 19.3. The first-order valence-corrected chi connectivity index (χ1v) is 9.74. The average Bonchev–Trinajstić information content (AvgIpc) is 3.10. The maximum absolute atomic E-state index is 12.3. The lowest BCUT2D eigenvalue weighted by molar-refractivity contribution is -0.127. The maximum Gasteiger partial charge on any atom is 0.224 e. The molecule has 2 aromatic carbocycles. The van der Waals surface area contributed by atoms with Crippen molar-refractivity contribution >= 4 is 5.91 Å². The largest absolute Gasteiger partial charge is 0.497 e. The van der Waals surface area contributed by atoms with Crippen molar-refractivity contribution in [3.63, 3.8) is 0 Å². The van der Waals surface area contributed by atoms with Gasteiger partial charge in [0.25, 0.3) is 0 Å². The van der Waals surface area contributed by atoms with Crippen LogP contribution in [0.25, 0.3) is 0 Å². The van der Waals surface area contributed by atoms with E-state index in [1.165, 1.54) is 5.56 Å². The Morgan fingerprint density at radius 2 is 1.82 bits per heavy atom.